The zero-order valence-corrected chi connectivity index (χ0v) is 13.4. The monoisotopic (exact) mass is 293 g/mol. The van der Waals surface area contributed by atoms with Crippen molar-refractivity contribution in [3.05, 3.63) is 23.8 Å². The predicted octanol–water partition coefficient (Wildman–Crippen LogP) is 1.96. The van der Waals surface area contributed by atoms with Crippen LogP contribution in [0.2, 0.25) is 0 Å². The molecule has 1 atom stereocenters. The topological polar surface area (TPSA) is 47.9 Å². The average Bonchev–Trinajstić information content (AvgIpc) is 2.74. The fourth-order valence-electron chi connectivity index (χ4n) is 2.48. The molecule has 0 amide bonds. The fraction of sp³-hybridized carbons (Fsp3) is 0.571. The third-order valence-electron chi connectivity index (χ3n) is 4.50. The molecule has 0 aromatic heterocycles. The number of rotatable bonds is 1. The number of hydrogen-bond acceptors (Lipinski definition) is 4. The Balaban J connectivity index is 1.94. The van der Waals surface area contributed by atoms with Gasteiger partial charge >= 0.3 is 7.12 Å². The summed E-state index contributed by atoms with van der Waals surface area (Å²) in [6.07, 6.45) is 1.69. The Hall–Kier alpha value is -0.845. The molecule has 20 heavy (non-hydrogen) atoms. The molecule has 0 radical (unpaired) electrons. The van der Waals surface area contributed by atoms with Crippen molar-refractivity contribution < 1.29 is 13.5 Å². The Morgan fingerprint density at radius 1 is 1.20 bits per heavy atom. The van der Waals surface area contributed by atoms with E-state index >= 15 is 0 Å². The summed E-state index contributed by atoms with van der Waals surface area (Å²) in [5.41, 5.74) is 1.29. The van der Waals surface area contributed by atoms with Crippen molar-refractivity contribution in [3.63, 3.8) is 0 Å². The molecule has 3 rings (SSSR count). The van der Waals surface area contributed by atoms with Crippen LogP contribution in [0.1, 0.15) is 33.3 Å². The smallest absolute Gasteiger partial charge is 0.399 e. The molecule has 1 unspecified atom stereocenters. The van der Waals surface area contributed by atoms with E-state index in [-0.39, 0.29) is 18.3 Å². The van der Waals surface area contributed by atoms with Crippen molar-refractivity contribution in [1.29, 1.82) is 0 Å². The largest absolute Gasteiger partial charge is 0.494 e. The quantitative estimate of drug-likeness (QED) is 0.744. The Kier molecular flexibility index (Phi) is 2.88. The Morgan fingerprint density at radius 2 is 1.80 bits per heavy atom. The van der Waals surface area contributed by atoms with Crippen molar-refractivity contribution in [2.75, 3.05) is 6.26 Å². The standard InChI is InChI=1S/C14H20BNO3S/c1-13(2)14(3,4)19-15(18-13)11-6-7-12-10(8-11)9-16-20(12,5)17/h6-8H,9H2,1-5H3. The van der Waals surface area contributed by atoms with Gasteiger partial charge in [-0.1, -0.05) is 12.1 Å². The highest BCUT2D eigenvalue weighted by Crippen LogP contribution is 2.36. The number of fused-ring (bicyclic) bond motifs is 1. The van der Waals surface area contributed by atoms with Gasteiger partial charge < -0.3 is 9.31 Å². The van der Waals surface area contributed by atoms with Gasteiger partial charge in [-0.15, -0.1) is 0 Å². The van der Waals surface area contributed by atoms with Gasteiger partial charge in [-0.3, -0.25) is 0 Å². The zero-order valence-electron chi connectivity index (χ0n) is 12.6. The van der Waals surface area contributed by atoms with Gasteiger partial charge in [0.25, 0.3) is 0 Å². The lowest BCUT2D eigenvalue weighted by atomic mass is 9.78. The van der Waals surface area contributed by atoms with Crippen molar-refractivity contribution in [3.8, 4) is 0 Å². The summed E-state index contributed by atoms with van der Waals surface area (Å²) in [6.45, 7) is 8.66. The van der Waals surface area contributed by atoms with Crippen LogP contribution in [-0.2, 0) is 25.6 Å². The second-order valence-corrected chi connectivity index (χ2v) is 8.85. The summed E-state index contributed by atoms with van der Waals surface area (Å²) in [5, 5.41) is 0. The molecular formula is C14H20BNO3S. The summed E-state index contributed by atoms with van der Waals surface area (Å²) in [7, 11) is -2.57. The van der Waals surface area contributed by atoms with E-state index in [0.29, 0.717) is 6.54 Å². The maximum Gasteiger partial charge on any atom is 0.494 e. The molecule has 2 aliphatic rings. The van der Waals surface area contributed by atoms with Crippen LogP contribution in [0, 0.1) is 0 Å². The molecule has 1 fully saturated rings. The SMILES string of the molecule is CC1(C)OB(c2ccc3c(c2)CN=S3(C)=O)OC1(C)C. The van der Waals surface area contributed by atoms with E-state index in [1.54, 1.807) is 6.26 Å². The molecule has 1 aromatic carbocycles. The Morgan fingerprint density at radius 3 is 2.40 bits per heavy atom. The van der Waals surface area contributed by atoms with Crippen LogP contribution in [0.4, 0.5) is 0 Å². The molecule has 0 saturated carbocycles. The van der Waals surface area contributed by atoms with Gasteiger partial charge in [-0.2, -0.15) is 0 Å². The van der Waals surface area contributed by atoms with Crippen molar-refractivity contribution in [2.45, 2.75) is 50.3 Å². The Labute approximate surface area is 121 Å². The van der Waals surface area contributed by atoms with Gasteiger partial charge in [0, 0.05) is 6.26 Å². The number of nitrogens with zero attached hydrogens (tertiary/aromatic N) is 1. The first-order valence-electron chi connectivity index (χ1n) is 6.79. The normalized spacial score (nSPS) is 30.1. The summed E-state index contributed by atoms with van der Waals surface area (Å²) in [5.74, 6) is 0. The van der Waals surface area contributed by atoms with Gasteiger partial charge in [0.15, 0.2) is 0 Å². The van der Waals surface area contributed by atoms with Crippen molar-refractivity contribution in [1.82, 2.24) is 0 Å². The van der Waals surface area contributed by atoms with Crippen LogP contribution < -0.4 is 5.46 Å². The van der Waals surface area contributed by atoms with E-state index in [2.05, 4.69) is 4.36 Å². The first kappa shape index (κ1) is 14.1. The van der Waals surface area contributed by atoms with E-state index < -0.39 is 9.73 Å². The van der Waals surface area contributed by atoms with E-state index in [1.165, 1.54) is 0 Å². The van der Waals surface area contributed by atoms with Gasteiger partial charge in [0.05, 0.1) is 32.4 Å². The summed E-state index contributed by atoms with van der Waals surface area (Å²) in [4.78, 5) is 0.845. The molecule has 1 saturated heterocycles. The molecule has 0 spiro atoms. The maximum absolute atomic E-state index is 12.2. The van der Waals surface area contributed by atoms with Crippen LogP contribution in [0.3, 0.4) is 0 Å². The number of benzene rings is 1. The highest BCUT2D eigenvalue weighted by molar-refractivity contribution is 7.93. The first-order chi connectivity index (χ1) is 9.12. The summed E-state index contributed by atoms with van der Waals surface area (Å²) < 4.78 is 28.5. The van der Waals surface area contributed by atoms with Crippen LogP contribution in [-0.4, -0.2) is 28.8 Å². The molecule has 2 aliphatic heterocycles. The minimum absolute atomic E-state index is 0.348. The van der Waals surface area contributed by atoms with Gasteiger partial charge in [0.1, 0.15) is 0 Å². The lowest BCUT2D eigenvalue weighted by Crippen LogP contribution is -2.41. The minimum Gasteiger partial charge on any atom is -0.399 e. The molecular weight excluding hydrogens is 273 g/mol. The lowest BCUT2D eigenvalue weighted by Gasteiger charge is -2.32. The average molecular weight is 293 g/mol. The molecule has 0 N–H and O–H groups in total. The van der Waals surface area contributed by atoms with Crippen LogP contribution in [0.25, 0.3) is 0 Å². The highest BCUT2D eigenvalue weighted by atomic mass is 32.2. The fourth-order valence-corrected chi connectivity index (χ4v) is 3.94. The highest BCUT2D eigenvalue weighted by Gasteiger charge is 2.51. The van der Waals surface area contributed by atoms with Crippen molar-refractivity contribution >= 4 is 22.3 Å². The molecule has 2 heterocycles. The molecule has 108 valence electrons. The van der Waals surface area contributed by atoms with E-state index in [0.717, 1.165) is 15.9 Å². The summed E-state index contributed by atoms with van der Waals surface area (Å²) in [6, 6.07) is 5.84. The number of hydrogen-bond donors (Lipinski definition) is 0. The second-order valence-electron chi connectivity index (χ2n) is 6.55. The lowest BCUT2D eigenvalue weighted by molar-refractivity contribution is 0.00578. The predicted molar refractivity (Wildman–Crippen MR) is 80.6 cm³/mol. The molecule has 0 bridgehead atoms. The molecule has 1 aromatic rings. The van der Waals surface area contributed by atoms with E-state index in [4.69, 9.17) is 9.31 Å². The third-order valence-corrected chi connectivity index (χ3v) is 6.34. The van der Waals surface area contributed by atoms with E-state index in [1.807, 2.05) is 45.9 Å². The zero-order chi connectivity index (χ0) is 14.8. The molecule has 6 heteroatoms. The molecule has 4 nitrogen and oxygen atoms in total. The summed E-state index contributed by atoms with van der Waals surface area (Å²) >= 11 is 0. The first-order valence-corrected chi connectivity index (χ1v) is 8.71. The second kappa shape index (κ2) is 4.09. The minimum atomic E-state index is -2.20. The van der Waals surface area contributed by atoms with Crippen molar-refractivity contribution in [2.24, 2.45) is 4.36 Å². The van der Waals surface area contributed by atoms with Crippen LogP contribution >= 0.6 is 0 Å². The maximum atomic E-state index is 12.2. The van der Waals surface area contributed by atoms with Crippen LogP contribution in [0.15, 0.2) is 27.5 Å². The van der Waals surface area contributed by atoms with E-state index in [9.17, 15) is 4.21 Å². The van der Waals surface area contributed by atoms with Gasteiger partial charge in [-0.25, -0.2) is 8.57 Å². The van der Waals surface area contributed by atoms with Gasteiger partial charge in [0.2, 0.25) is 0 Å². The van der Waals surface area contributed by atoms with Gasteiger partial charge in [-0.05, 0) is 44.8 Å². The Bertz CT molecular complexity index is 674. The third kappa shape index (κ3) is 2.01. The molecule has 0 aliphatic carbocycles. The van der Waals surface area contributed by atoms with Crippen LogP contribution in [0.5, 0.6) is 0 Å².